The van der Waals surface area contributed by atoms with Crippen molar-refractivity contribution in [3.05, 3.63) is 0 Å². The molecule has 0 saturated carbocycles. The van der Waals surface area contributed by atoms with Gasteiger partial charge in [-0.1, -0.05) is 332 Å². The summed E-state index contributed by atoms with van der Waals surface area (Å²) in [6.45, 7) is 25.3. The summed E-state index contributed by atoms with van der Waals surface area (Å²) in [5.41, 5.74) is 0. The van der Waals surface area contributed by atoms with Crippen LogP contribution in [0.1, 0.15) is 377 Å². The van der Waals surface area contributed by atoms with Gasteiger partial charge in [-0.05, 0) is 64.0 Å². The molecular weight excluding hydrogens is 923 g/mol. The van der Waals surface area contributed by atoms with Gasteiger partial charge in [0.05, 0.1) is 31.3 Å². The van der Waals surface area contributed by atoms with E-state index in [-0.39, 0.29) is 24.5 Å². The average molecular weight is 1070 g/mol. The summed E-state index contributed by atoms with van der Waals surface area (Å²) >= 11 is 0. The van der Waals surface area contributed by atoms with Crippen LogP contribution in [0.15, 0.2) is 0 Å². The van der Waals surface area contributed by atoms with Gasteiger partial charge in [-0.15, -0.1) is 0 Å². The zero-order valence-corrected chi connectivity index (χ0v) is 53.9. The first-order chi connectivity index (χ1) is 36.8. The monoisotopic (exact) mass is 1070 g/mol. The number of rotatable bonds is 57. The fraction of sp³-hybridized carbons (Fsp3) is 0.986. The number of aliphatic hydroxyl groups is 2. The lowest BCUT2D eigenvalue weighted by Gasteiger charge is -2.34. The van der Waals surface area contributed by atoms with Crippen LogP contribution in [0, 0.1) is 11.8 Å². The number of hydrogen-bond acceptors (Lipinski definition) is 6. The molecule has 75 heavy (non-hydrogen) atoms. The SMILES string of the molecule is CC.CCC.CCCCCCCC(C)CCCCC.CCCCCCCCCCCCCCCCC(O)C(CO)N(CCCCCCCOC(=O)C(CCCCCCC)CCCCCCCC)CCCCCCOC. The zero-order chi connectivity index (χ0) is 56.4. The number of hydrogen-bond donors (Lipinski definition) is 2. The normalized spacial score (nSPS) is 12.8. The summed E-state index contributed by atoms with van der Waals surface area (Å²) in [5.74, 6) is 1.11. The second-order valence-electron chi connectivity index (χ2n) is 23.0. The van der Waals surface area contributed by atoms with Gasteiger partial charge in [-0.25, -0.2) is 0 Å². The van der Waals surface area contributed by atoms with Crippen LogP contribution in [0.2, 0.25) is 0 Å². The minimum absolute atomic E-state index is 0.0212. The van der Waals surface area contributed by atoms with Gasteiger partial charge in [0.2, 0.25) is 0 Å². The minimum atomic E-state index is -0.471. The molecule has 0 saturated heterocycles. The summed E-state index contributed by atoms with van der Waals surface area (Å²) in [7, 11) is 1.77. The maximum Gasteiger partial charge on any atom is 0.308 e. The predicted molar refractivity (Wildman–Crippen MR) is 337 cm³/mol. The molecule has 0 aromatic rings. The van der Waals surface area contributed by atoms with Gasteiger partial charge in [0.25, 0.3) is 0 Å². The summed E-state index contributed by atoms with van der Waals surface area (Å²) in [6, 6.07) is -0.175. The topological polar surface area (TPSA) is 79.2 Å². The quantitative estimate of drug-likeness (QED) is 0.0467. The predicted octanol–water partition coefficient (Wildman–Crippen LogP) is 22.3. The molecule has 0 rings (SSSR count). The molecule has 6 heteroatoms. The molecule has 0 aromatic heterocycles. The van der Waals surface area contributed by atoms with E-state index < -0.39 is 6.10 Å². The van der Waals surface area contributed by atoms with Gasteiger partial charge in [0, 0.05) is 13.7 Å². The van der Waals surface area contributed by atoms with E-state index in [9.17, 15) is 15.0 Å². The summed E-state index contributed by atoms with van der Waals surface area (Å²) in [6.07, 6.45) is 60.3. The van der Waals surface area contributed by atoms with Crippen LogP contribution in [0.4, 0.5) is 0 Å². The third kappa shape index (κ3) is 65.7. The molecule has 456 valence electrons. The molecule has 0 heterocycles. The summed E-state index contributed by atoms with van der Waals surface area (Å²) < 4.78 is 11.1. The molecule has 0 fully saturated rings. The van der Waals surface area contributed by atoms with Gasteiger partial charge in [0.15, 0.2) is 0 Å². The Hall–Kier alpha value is -0.690. The summed E-state index contributed by atoms with van der Waals surface area (Å²) in [4.78, 5) is 15.5. The van der Waals surface area contributed by atoms with Crippen LogP contribution in [-0.2, 0) is 14.3 Å². The van der Waals surface area contributed by atoms with Crippen LogP contribution in [0.3, 0.4) is 0 Å². The van der Waals surface area contributed by atoms with Gasteiger partial charge in [-0.3, -0.25) is 9.69 Å². The highest BCUT2D eigenvalue weighted by atomic mass is 16.5. The molecular formula is C69H145NO5. The Morgan fingerprint density at radius 3 is 1.04 bits per heavy atom. The van der Waals surface area contributed by atoms with Crippen molar-refractivity contribution in [3.8, 4) is 0 Å². The number of aliphatic hydroxyl groups excluding tert-OH is 2. The Balaban J connectivity index is -0.00000112. The molecule has 6 nitrogen and oxygen atoms in total. The first kappa shape index (κ1) is 80.8. The van der Waals surface area contributed by atoms with Gasteiger partial charge in [-0.2, -0.15) is 0 Å². The smallest absolute Gasteiger partial charge is 0.308 e. The Bertz CT molecular complexity index is 980. The van der Waals surface area contributed by atoms with Crippen LogP contribution in [0.25, 0.3) is 0 Å². The highest BCUT2D eigenvalue weighted by Crippen LogP contribution is 2.23. The number of carbonyl (C=O) groups is 1. The third-order valence-electron chi connectivity index (χ3n) is 15.3. The lowest BCUT2D eigenvalue weighted by atomic mass is 9.94. The van der Waals surface area contributed by atoms with Crippen molar-refractivity contribution in [1.29, 1.82) is 0 Å². The van der Waals surface area contributed by atoms with E-state index in [0.717, 1.165) is 122 Å². The Kier molecular flexibility index (Phi) is 79.0. The van der Waals surface area contributed by atoms with Crippen LogP contribution in [0.5, 0.6) is 0 Å². The number of unbranched alkanes of at least 4 members (excludes halogenated alkanes) is 35. The van der Waals surface area contributed by atoms with E-state index in [1.54, 1.807) is 7.11 Å². The molecule has 4 atom stereocenters. The van der Waals surface area contributed by atoms with Crippen LogP contribution < -0.4 is 0 Å². The van der Waals surface area contributed by atoms with E-state index in [1.165, 1.54) is 212 Å². The maximum atomic E-state index is 13.1. The number of carbonyl (C=O) groups excluding carboxylic acids is 1. The van der Waals surface area contributed by atoms with E-state index in [4.69, 9.17) is 9.47 Å². The number of esters is 1. The van der Waals surface area contributed by atoms with Crippen molar-refractivity contribution in [2.24, 2.45) is 11.8 Å². The molecule has 0 aromatic carbocycles. The second kappa shape index (κ2) is 73.3. The second-order valence-corrected chi connectivity index (χ2v) is 23.0. The first-order valence-electron chi connectivity index (χ1n) is 34.5. The molecule has 2 N–H and O–H groups in total. The van der Waals surface area contributed by atoms with Crippen molar-refractivity contribution >= 4 is 5.97 Å². The Morgan fingerprint density at radius 1 is 0.400 bits per heavy atom. The largest absolute Gasteiger partial charge is 0.465 e. The van der Waals surface area contributed by atoms with E-state index >= 15 is 0 Å². The molecule has 0 aliphatic rings. The van der Waals surface area contributed by atoms with Crippen molar-refractivity contribution in [3.63, 3.8) is 0 Å². The van der Waals surface area contributed by atoms with E-state index in [2.05, 4.69) is 60.3 Å². The fourth-order valence-electron chi connectivity index (χ4n) is 10.3. The van der Waals surface area contributed by atoms with Crippen molar-refractivity contribution in [1.82, 2.24) is 4.90 Å². The molecule has 0 aliphatic carbocycles. The number of methoxy groups -OCH3 is 1. The molecule has 0 spiro atoms. The standard InChI is InChI=1S/C50H101NO5.C14H30.C3H8.C2H6/c1-5-8-11-14-16-17-18-19-20-21-22-23-27-34-41-49(53)48(46-52)51(43-36-29-31-37-44-55-4)42-35-28-24-30-38-45-56-50(54)47(39-32-25-13-10-7-3)40-33-26-15-12-9-6-2;1-4-6-8-9-11-13-14(3)12-10-7-5-2;1-3-2;1-2/h47-49,52-53H,5-46H2,1-4H3;14H,4-13H2,1-3H3;3H2,1-2H3;1-2H3. The van der Waals surface area contributed by atoms with Crippen molar-refractivity contribution < 1.29 is 24.5 Å². The van der Waals surface area contributed by atoms with Crippen molar-refractivity contribution in [2.75, 3.05) is 40.0 Å². The van der Waals surface area contributed by atoms with Gasteiger partial charge < -0.3 is 19.7 Å². The lowest BCUT2D eigenvalue weighted by molar-refractivity contribution is -0.149. The molecule has 0 radical (unpaired) electrons. The van der Waals surface area contributed by atoms with Gasteiger partial charge >= 0.3 is 5.97 Å². The van der Waals surface area contributed by atoms with E-state index in [0.29, 0.717) is 6.61 Å². The summed E-state index contributed by atoms with van der Waals surface area (Å²) in [5, 5.41) is 21.7. The molecule has 0 bridgehead atoms. The highest BCUT2D eigenvalue weighted by Gasteiger charge is 2.25. The molecule has 0 aliphatic heterocycles. The third-order valence-corrected chi connectivity index (χ3v) is 15.3. The van der Waals surface area contributed by atoms with Gasteiger partial charge in [0.1, 0.15) is 0 Å². The first-order valence-corrected chi connectivity index (χ1v) is 34.5. The van der Waals surface area contributed by atoms with Crippen LogP contribution in [-0.4, -0.2) is 73.2 Å². The van der Waals surface area contributed by atoms with Crippen molar-refractivity contribution in [2.45, 2.75) is 390 Å². The Labute approximate surface area is 474 Å². The highest BCUT2D eigenvalue weighted by molar-refractivity contribution is 5.72. The zero-order valence-electron chi connectivity index (χ0n) is 53.9. The maximum absolute atomic E-state index is 13.1. The average Bonchev–Trinajstić information content (AvgIpc) is 3.41. The lowest BCUT2D eigenvalue weighted by Crippen LogP contribution is -2.47. The molecule has 4 unspecified atom stereocenters. The molecule has 0 amide bonds. The number of nitrogens with zero attached hydrogens (tertiary/aromatic N) is 1. The fourth-order valence-corrected chi connectivity index (χ4v) is 10.3. The Morgan fingerprint density at radius 2 is 0.680 bits per heavy atom. The minimum Gasteiger partial charge on any atom is -0.465 e. The van der Waals surface area contributed by atoms with Crippen LogP contribution >= 0.6 is 0 Å². The number of ether oxygens (including phenoxy) is 2. The van der Waals surface area contributed by atoms with E-state index in [1.807, 2.05) is 13.8 Å².